The lowest BCUT2D eigenvalue weighted by molar-refractivity contribution is -0.137. The molecule has 1 atom stereocenters. The van der Waals surface area contributed by atoms with Gasteiger partial charge in [-0.25, -0.2) is 4.79 Å². The molecule has 0 aromatic heterocycles. The minimum Gasteiger partial charge on any atom is -0.493 e. The summed E-state index contributed by atoms with van der Waals surface area (Å²) in [5.41, 5.74) is 1.11. The Hall–Kier alpha value is -2.24. The van der Waals surface area contributed by atoms with E-state index in [1.807, 2.05) is 29.2 Å². The van der Waals surface area contributed by atoms with Gasteiger partial charge in [0.15, 0.2) is 0 Å². The number of rotatable bonds is 1. The van der Waals surface area contributed by atoms with E-state index in [-0.39, 0.29) is 17.9 Å². The molecule has 6 heteroatoms. The highest BCUT2D eigenvalue weighted by Crippen LogP contribution is 2.27. The number of nitrogens with zero attached hydrogens (tertiary/aromatic N) is 3. The third-order valence-corrected chi connectivity index (χ3v) is 4.76. The molecular formula is C18H25N3O3. The van der Waals surface area contributed by atoms with Crippen molar-refractivity contribution in [2.75, 3.05) is 46.9 Å². The quantitative estimate of drug-likeness (QED) is 0.783. The van der Waals surface area contributed by atoms with Gasteiger partial charge < -0.3 is 19.4 Å². The summed E-state index contributed by atoms with van der Waals surface area (Å²) in [5, 5.41) is 0. The molecule has 1 aromatic carbocycles. The van der Waals surface area contributed by atoms with E-state index >= 15 is 0 Å². The topological polar surface area (TPSA) is 53.1 Å². The Morgan fingerprint density at radius 2 is 1.75 bits per heavy atom. The van der Waals surface area contributed by atoms with Crippen molar-refractivity contribution in [3.8, 4) is 5.75 Å². The fraction of sp³-hybridized carbons (Fsp3) is 0.556. The van der Waals surface area contributed by atoms with Gasteiger partial charge in [0.05, 0.1) is 6.61 Å². The van der Waals surface area contributed by atoms with E-state index in [1.54, 1.807) is 23.9 Å². The molecule has 2 aliphatic heterocycles. The van der Waals surface area contributed by atoms with Crippen molar-refractivity contribution in [2.24, 2.45) is 5.92 Å². The molecule has 0 aliphatic carbocycles. The number of hydrogen-bond donors (Lipinski definition) is 0. The van der Waals surface area contributed by atoms with Crippen LogP contribution in [0, 0.1) is 5.92 Å². The lowest BCUT2D eigenvalue weighted by Gasteiger charge is -2.37. The highest BCUT2D eigenvalue weighted by Gasteiger charge is 2.31. The van der Waals surface area contributed by atoms with Gasteiger partial charge in [0.1, 0.15) is 5.75 Å². The van der Waals surface area contributed by atoms with Gasteiger partial charge in [-0.15, -0.1) is 0 Å². The molecule has 0 saturated carbocycles. The third kappa shape index (κ3) is 3.47. The number of hydrogen-bond acceptors (Lipinski definition) is 3. The van der Waals surface area contributed by atoms with Crippen LogP contribution in [0.1, 0.15) is 12.0 Å². The second-order valence-corrected chi connectivity index (χ2v) is 6.64. The van der Waals surface area contributed by atoms with Gasteiger partial charge in [-0.1, -0.05) is 18.2 Å². The summed E-state index contributed by atoms with van der Waals surface area (Å²) < 4.78 is 5.76. The van der Waals surface area contributed by atoms with E-state index in [2.05, 4.69) is 0 Å². The Morgan fingerprint density at radius 3 is 2.46 bits per heavy atom. The molecule has 2 aliphatic rings. The van der Waals surface area contributed by atoms with Crippen molar-refractivity contribution in [3.05, 3.63) is 29.8 Å². The first kappa shape index (κ1) is 16.6. The normalized spacial score (nSPS) is 20.7. The first-order valence-electron chi connectivity index (χ1n) is 8.52. The minimum absolute atomic E-state index is 0.0129. The third-order valence-electron chi connectivity index (χ3n) is 4.76. The van der Waals surface area contributed by atoms with E-state index in [9.17, 15) is 9.59 Å². The van der Waals surface area contributed by atoms with Crippen molar-refractivity contribution in [1.29, 1.82) is 0 Å². The van der Waals surface area contributed by atoms with Crippen LogP contribution in [0.25, 0.3) is 0 Å². The number of para-hydroxylation sites is 1. The van der Waals surface area contributed by atoms with Crippen molar-refractivity contribution in [3.63, 3.8) is 0 Å². The van der Waals surface area contributed by atoms with Crippen LogP contribution in [-0.4, -0.2) is 73.5 Å². The van der Waals surface area contributed by atoms with E-state index < -0.39 is 0 Å². The van der Waals surface area contributed by atoms with E-state index in [4.69, 9.17) is 4.74 Å². The molecular weight excluding hydrogens is 306 g/mol. The van der Waals surface area contributed by atoms with Gasteiger partial charge in [-0.2, -0.15) is 0 Å². The number of carbonyl (C=O) groups is 2. The Bertz CT molecular complexity index is 609. The van der Waals surface area contributed by atoms with Crippen LogP contribution in [0.3, 0.4) is 0 Å². The maximum atomic E-state index is 12.9. The van der Waals surface area contributed by atoms with Crippen molar-refractivity contribution >= 4 is 11.9 Å². The summed E-state index contributed by atoms with van der Waals surface area (Å²) in [6, 6.07) is 7.96. The first-order valence-corrected chi connectivity index (χ1v) is 8.52. The summed E-state index contributed by atoms with van der Waals surface area (Å²) in [7, 11) is 3.51. The van der Waals surface area contributed by atoms with Crippen LogP contribution in [0.4, 0.5) is 4.79 Å². The van der Waals surface area contributed by atoms with Crippen molar-refractivity contribution < 1.29 is 14.3 Å². The van der Waals surface area contributed by atoms with Crippen LogP contribution >= 0.6 is 0 Å². The lowest BCUT2D eigenvalue weighted by atomic mass is 9.95. The van der Waals surface area contributed by atoms with Gasteiger partial charge in [0, 0.05) is 46.2 Å². The zero-order chi connectivity index (χ0) is 17.1. The van der Waals surface area contributed by atoms with Crippen LogP contribution < -0.4 is 4.74 Å². The molecule has 3 amide bonds. The summed E-state index contributed by atoms with van der Waals surface area (Å²) in [6.07, 6.45) is 1.47. The predicted molar refractivity (Wildman–Crippen MR) is 91.0 cm³/mol. The number of ether oxygens (including phenoxy) is 1. The molecule has 1 unspecified atom stereocenters. The van der Waals surface area contributed by atoms with Gasteiger partial charge in [-0.3, -0.25) is 4.79 Å². The zero-order valence-electron chi connectivity index (χ0n) is 14.4. The highest BCUT2D eigenvalue weighted by atomic mass is 16.5. The Balaban J connectivity index is 1.60. The SMILES string of the molecule is CN(C)C(=O)N1CCN(C(=O)C2CCOc3ccccc3C2)CC1. The van der Waals surface area contributed by atoms with Crippen LogP contribution in [-0.2, 0) is 11.2 Å². The van der Waals surface area contributed by atoms with Crippen molar-refractivity contribution in [2.45, 2.75) is 12.8 Å². The molecule has 0 spiro atoms. The van der Waals surface area contributed by atoms with Gasteiger partial charge in [-0.05, 0) is 24.5 Å². The largest absolute Gasteiger partial charge is 0.493 e. The van der Waals surface area contributed by atoms with Crippen LogP contribution in [0.2, 0.25) is 0 Å². The molecule has 130 valence electrons. The highest BCUT2D eigenvalue weighted by molar-refractivity contribution is 5.80. The Labute approximate surface area is 143 Å². The Kier molecular flexibility index (Phi) is 4.92. The molecule has 1 aromatic rings. The number of carbonyl (C=O) groups excluding carboxylic acids is 2. The number of amides is 3. The van der Waals surface area contributed by atoms with E-state index in [1.165, 1.54) is 0 Å². The fourth-order valence-corrected chi connectivity index (χ4v) is 3.36. The van der Waals surface area contributed by atoms with Crippen LogP contribution in [0.5, 0.6) is 5.75 Å². The fourth-order valence-electron chi connectivity index (χ4n) is 3.36. The number of benzene rings is 1. The maximum Gasteiger partial charge on any atom is 0.319 e. The summed E-state index contributed by atoms with van der Waals surface area (Å²) in [5.74, 6) is 1.05. The van der Waals surface area contributed by atoms with E-state index in [0.717, 1.165) is 24.2 Å². The molecule has 1 saturated heterocycles. The van der Waals surface area contributed by atoms with Crippen LogP contribution in [0.15, 0.2) is 24.3 Å². The number of fused-ring (bicyclic) bond motifs is 1. The lowest BCUT2D eigenvalue weighted by Crippen LogP contribution is -2.54. The molecule has 24 heavy (non-hydrogen) atoms. The molecule has 0 N–H and O–H groups in total. The average molecular weight is 331 g/mol. The smallest absolute Gasteiger partial charge is 0.319 e. The van der Waals surface area contributed by atoms with Crippen molar-refractivity contribution in [1.82, 2.24) is 14.7 Å². The molecule has 2 heterocycles. The monoisotopic (exact) mass is 331 g/mol. The standard InChI is InChI=1S/C18H25N3O3/c1-19(2)18(23)21-10-8-20(9-11-21)17(22)15-7-12-24-16-6-4-3-5-14(16)13-15/h3-6,15H,7-13H2,1-2H3. The summed E-state index contributed by atoms with van der Waals surface area (Å²) in [6.45, 7) is 2.99. The Morgan fingerprint density at radius 1 is 1.08 bits per heavy atom. The predicted octanol–water partition coefficient (Wildman–Crippen LogP) is 1.45. The second kappa shape index (κ2) is 7.11. The number of piperazine rings is 1. The van der Waals surface area contributed by atoms with Gasteiger partial charge in [0.2, 0.25) is 5.91 Å². The first-order chi connectivity index (χ1) is 11.6. The molecule has 0 radical (unpaired) electrons. The van der Waals surface area contributed by atoms with Gasteiger partial charge >= 0.3 is 6.03 Å². The van der Waals surface area contributed by atoms with Gasteiger partial charge in [0.25, 0.3) is 0 Å². The second-order valence-electron chi connectivity index (χ2n) is 6.64. The molecule has 6 nitrogen and oxygen atoms in total. The molecule has 0 bridgehead atoms. The maximum absolute atomic E-state index is 12.9. The zero-order valence-corrected chi connectivity index (χ0v) is 14.4. The molecule has 3 rings (SSSR count). The van der Waals surface area contributed by atoms with E-state index in [0.29, 0.717) is 32.8 Å². The average Bonchev–Trinajstić information content (AvgIpc) is 2.83. The molecule has 1 fully saturated rings. The minimum atomic E-state index is -0.0373. The summed E-state index contributed by atoms with van der Waals surface area (Å²) >= 11 is 0. The summed E-state index contributed by atoms with van der Waals surface area (Å²) in [4.78, 5) is 30.2. The number of urea groups is 1.